The van der Waals surface area contributed by atoms with Gasteiger partial charge in [0.25, 0.3) is 5.91 Å². The van der Waals surface area contributed by atoms with E-state index in [4.69, 9.17) is 14.6 Å². The summed E-state index contributed by atoms with van der Waals surface area (Å²) in [4.78, 5) is 35.4. The van der Waals surface area contributed by atoms with Crippen LogP contribution >= 0.6 is 0 Å². The second-order valence-electron chi connectivity index (χ2n) is 4.80. The van der Waals surface area contributed by atoms with Crippen molar-refractivity contribution in [3.8, 4) is 5.75 Å². The van der Waals surface area contributed by atoms with Gasteiger partial charge in [-0.05, 0) is 32.0 Å². The number of benzene rings is 1. The second-order valence-corrected chi connectivity index (χ2v) is 4.80. The zero-order valence-electron chi connectivity index (χ0n) is 11.7. The monoisotopic (exact) mass is 293 g/mol. The normalized spacial score (nSPS) is 13.7. The Kier molecular flexibility index (Phi) is 4.11. The third kappa shape index (κ3) is 3.31. The summed E-state index contributed by atoms with van der Waals surface area (Å²) in [5.74, 6) is -1.78. The van der Waals surface area contributed by atoms with Gasteiger partial charge in [-0.15, -0.1) is 0 Å². The highest BCUT2D eigenvalue weighted by Gasteiger charge is 2.28. The van der Waals surface area contributed by atoms with Crippen molar-refractivity contribution < 1.29 is 29.0 Å². The van der Waals surface area contributed by atoms with Crippen molar-refractivity contribution in [2.45, 2.75) is 20.0 Å². The van der Waals surface area contributed by atoms with Crippen LogP contribution in [0.3, 0.4) is 0 Å². The first-order chi connectivity index (χ1) is 9.88. The number of carbonyl (C=O) groups is 3. The van der Waals surface area contributed by atoms with Crippen LogP contribution in [0.1, 0.15) is 24.2 Å². The summed E-state index contributed by atoms with van der Waals surface area (Å²) in [7, 11) is 0. The molecule has 1 aromatic carbocycles. The summed E-state index contributed by atoms with van der Waals surface area (Å²) in [6.45, 7) is 2.76. The van der Waals surface area contributed by atoms with E-state index >= 15 is 0 Å². The predicted octanol–water partition coefficient (Wildman–Crippen LogP) is 1.06. The van der Waals surface area contributed by atoms with Crippen LogP contribution in [0.25, 0.3) is 0 Å². The Labute approximate surface area is 121 Å². The summed E-state index contributed by atoms with van der Waals surface area (Å²) < 4.78 is 10.3. The van der Waals surface area contributed by atoms with E-state index in [9.17, 15) is 14.4 Å². The molecule has 0 saturated carbocycles. The van der Waals surface area contributed by atoms with Gasteiger partial charge in [0.15, 0.2) is 6.61 Å². The first-order valence-corrected chi connectivity index (χ1v) is 6.38. The molecule has 0 radical (unpaired) electrons. The van der Waals surface area contributed by atoms with Crippen LogP contribution in [0.4, 0.5) is 5.69 Å². The molecule has 1 amide bonds. The van der Waals surface area contributed by atoms with Gasteiger partial charge < -0.3 is 14.6 Å². The number of hydrogen-bond donors (Lipinski definition) is 1. The molecule has 0 aromatic heterocycles. The number of fused-ring (bicyclic) bond motifs is 1. The van der Waals surface area contributed by atoms with Crippen molar-refractivity contribution in [1.29, 1.82) is 0 Å². The standard InChI is InChI=1S/C14H15NO6/c1-8(2)21-14(19)9-3-4-10-11(5-9)20-7-12(16)15(10)6-13(17)18/h3-5,8H,6-7H2,1-2H3,(H,17,18). The number of rotatable bonds is 4. The molecule has 0 unspecified atom stereocenters. The lowest BCUT2D eigenvalue weighted by Gasteiger charge is -2.28. The molecule has 1 aliphatic rings. The maximum Gasteiger partial charge on any atom is 0.338 e. The molecular weight excluding hydrogens is 278 g/mol. The van der Waals surface area contributed by atoms with Gasteiger partial charge in [-0.3, -0.25) is 14.5 Å². The highest BCUT2D eigenvalue weighted by atomic mass is 16.5. The van der Waals surface area contributed by atoms with Gasteiger partial charge in [-0.25, -0.2) is 4.79 Å². The number of carboxylic acids is 1. The highest BCUT2D eigenvalue weighted by molar-refractivity contribution is 6.02. The number of anilines is 1. The predicted molar refractivity (Wildman–Crippen MR) is 72.5 cm³/mol. The summed E-state index contributed by atoms with van der Waals surface area (Å²) >= 11 is 0. The molecule has 0 atom stereocenters. The molecule has 21 heavy (non-hydrogen) atoms. The highest BCUT2D eigenvalue weighted by Crippen LogP contribution is 2.33. The van der Waals surface area contributed by atoms with Crippen LogP contribution in [0.15, 0.2) is 18.2 Å². The van der Waals surface area contributed by atoms with Crippen molar-refractivity contribution in [3.05, 3.63) is 23.8 Å². The lowest BCUT2D eigenvalue weighted by molar-refractivity contribution is -0.137. The largest absolute Gasteiger partial charge is 0.482 e. The topological polar surface area (TPSA) is 93.1 Å². The first kappa shape index (κ1) is 14.8. The van der Waals surface area contributed by atoms with Crippen LogP contribution in [0.2, 0.25) is 0 Å². The molecule has 2 rings (SSSR count). The average molecular weight is 293 g/mol. The molecule has 0 bridgehead atoms. The van der Waals surface area contributed by atoms with Gasteiger partial charge in [-0.1, -0.05) is 0 Å². The summed E-state index contributed by atoms with van der Waals surface area (Å²) in [6.07, 6.45) is -0.250. The second kappa shape index (κ2) is 5.82. The van der Waals surface area contributed by atoms with Crippen LogP contribution in [-0.4, -0.2) is 42.2 Å². The third-order valence-corrected chi connectivity index (χ3v) is 2.77. The van der Waals surface area contributed by atoms with E-state index in [0.29, 0.717) is 5.69 Å². The first-order valence-electron chi connectivity index (χ1n) is 6.38. The molecule has 0 saturated heterocycles. The van der Waals surface area contributed by atoms with Gasteiger partial charge in [0.2, 0.25) is 0 Å². The molecule has 1 heterocycles. The molecule has 7 nitrogen and oxygen atoms in total. The summed E-state index contributed by atoms with van der Waals surface area (Å²) in [6, 6.07) is 4.40. The van der Waals surface area contributed by atoms with E-state index in [2.05, 4.69) is 0 Å². The number of amides is 1. The van der Waals surface area contributed by atoms with E-state index in [1.54, 1.807) is 13.8 Å². The quantitative estimate of drug-likeness (QED) is 0.834. The van der Waals surface area contributed by atoms with Crippen molar-refractivity contribution in [2.75, 3.05) is 18.1 Å². The Morgan fingerprint density at radius 2 is 2.14 bits per heavy atom. The fourth-order valence-electron chi connectivity index (χ4n) is 1.92. The zero-order valence-corrected chi connectivity index (χ0v) is 11.7. The van der Waals surface area contributed by atoms with E-state index in [1.165, 1.54) is 18.2 Å². The molecule has 1 aromatic rings. The lowest BCUT2D eigenvalue weighted by atomic mass is 10.1. The lowest BCUT2D eigenvalue weighted by Crippen LogP contribution is -2.42. The molecular formula is C14H15NO6. The van der Waals surface area contributed by atoms with Crippen LogP contribution in [0, 0.1) is 0 Å². The van der Waals surface area contributed by atoms with E-state index in [1.807, 2.05) is 0 Å². The van der Waals surface area contributed by atoms with Gasteiger partial charge in [-0.2, -0.15) is 0 Å². The van der Waals surface area contributed by atoms with E-state index in [-0.39, 0.29) is 24.0 Å². The number of nitrogens with zero attached hydrogens (tertiary/aromatic N) is 1. The number of aliphatic carboxylic acids is 1. The Hall–Kier alpha value is -2.57. The molecule has 112 valence electrons. The third-order valence-electron chi connectivity index (χ3n) is 2.77. The minimum atomic E-state index is -1.13. The van der Waals surface area contributed by atoms with Crippen LogP contribution in [-0.2, 0) is 14.3 Å². The maximum atomic E-state index is 11.8. The number of ether oxygens (including phenoxy) is 2. The van der Waals surface area contributed by atoms with Crippen molar-refractivity contribution >= 4 is 23.5 Å². The minimum absolute atomic E-state index is 0.250. The minimum Gasteiger partial charge on any atom is -0.482 e. The number of esters is 1. The average Bonchev–Trinajstić information content (AvgIpc) is 2.40. The van der Waals surface area contributed by atoms with Crippen LogP contribution < -0.4 is 9.64 Å². The SMILES string of the molecule is CC(C)OC(=O)c1ccc2c(c1)OCC(=O)N2CC(=O)O. The Morgan fingerprint density at radius 1 is 1.43 bits per heavy atom. The molecule has 1 aliphatic heterocycles. The van der Waals surface area contributed by atoms with Gasteiger partial charge >= 0.3 is 11.9 Å². The maximum absolute atomic E-state index is 11.8. The fourth-order valence-corrected chi connectivity index (χ4v) is 1.92. The number of carbonyl (C=O) groups excluding carboxylic acids is 2. The Balaban J connectivity index is 2.30. The molecule has 1 N–H and O–H groups in total. The van der Waals surface area contributed by atoms with Crippen molar-refractivity contribution in [3.63, 3.8) is 0 Å². The van der Waals surface area contributed by atoms with Crippen LogP contribution in [0.5, 0.6) is 5.75 Å². The molecule has 0 fully saturated rings. The number of carboxylic acid groups (broad SMARTS) is 1. The number of hydrogen-bond acceptors (Lipinski definition) is 5. The molecule has 0 aliphatic carbocycles. The van der Waals surface area contributed by atoms with Gasteiger partial charge in [0, 0.05) is 0 Å². The smallest absolute Gasteiger partial charge is 0.338 e. The van der Waals surface area contributed by atoms with Gasteiger partial charge in [0.05, 0.1) is 17.4 Å². The van der Waals surface area contributed by atoms with E-state index < -0.39 is 24.4 Å². The fraction of sp³-hybridized carbons (Fsp3) is 0.357. The summed E-state index contributed by atoms with van der Waals surface area (Å²) in [5, 5.41) is 8.84. The van der Waals surface area contributed by atoms with Gasteiger partial charge in [0.1, 0.15) is 12.3 Å². The zero-order chi connectivity index (χ0) is 15.6. The van der Waals surface area contributed by atoms with Crippen molar-refractivity contribution in [2.24, 2.45) is 0 Å². The Morgan fingerprint density at radius 3 is 2.76 bits per heavy atom. The summed E-state index contributed by atoms with van der Waals surface area (Å²) in [5.41, 5.74) is 0.613. The molecule has 0 spiro atoms. The Bertz CT molecular complexity index is 595. The molecule has 7 heteroatoms. The van der Waals surface area contributed by atoms with E-state index in [0.717, 1.165) is 4.90 Å². The van der Waals surface area contributed by atoms with Crippen molar-refractivity contribution in [1.82, 2.24) is 0 Å².